The third-order valence-electron chi connectivity index (χ3n) is 10.3. The van der Waals surface area contributed by atoms with Crippen molar-refractivity contribution in [3.05, 3.63) is 119 Å². The van der Waals surface area contributed by atoms with E-state index in [1.54, 1.807) is 43.6 Å². The summed E-state index contributed by atoms with van der Waals surface area (Å²) < 4.78 is 5.33. The van der Waals surface area contributed by atoms with Crippen LogP contribution in [0.4, 0.5) is 11.6 Å². The molecule has 2 aliphatic carbocycles. The fourth-order valence-corrected chi connectivity index (χ4v) is 6.85. The summed E-state index contributed by atoms with van der Waals surface area (Å²) in [5, 5.41) is 15.6. The maximum absolute atomic E-state index is 13.2. The van der Waals surface area contributed by atoms with Gasteiger partial charge in [0.2, 0.25) is 0 Å². The molecule has 284 valence electrons. The van der Waals surface area contributed by atoms with Gasteiger partial charge in [0.15, 0.2) is 0 Å². The molecule has 4 aromatic rings. The highest BCUT2D eigenvalue weighted by atomic mass is 16.5. The van der Waals surface area contributed by atoms with E-state index in [9.17, 15) is 24.3 Å². The Morgan fingerprint density at radius 1 is 0.667 bits per heavy atom. The van der Waals surface area contributed by atoms with Crippen LogP contribution in [-0.2, 0) is 40.0 Å². The first-order chi connectivity index (χ1) is 25.7. The Kier molecular flexibility index (Phi) is 12.0. The number of hydrogen-bond acceptors (Lipinski definition) is 9. The molecule has 2 aromatic heterocycles. The van der Waals surface area contributed by atoms with E-state index in [-0.39, 0.29) is 37.4 Å². The first-order valence-electron chi connectivity index (χ1n) is 18.3. The van der Waals surface area contributed by atoms with Gasteiger partial charge in [-0.1, -0.05) is 48.5 Å². The number of anilines is 2. The Balaban J connectivity index is 0.000000208. The number of ether oxygens (including phenoxy) is 1. The smallest absolute Gasteiger partial charge is 0.332 e. The molecule has 0 aliphatic heterocycles. The van der Waals surface area contributed by atoms with Crippen molar-refractivity contribution in [3.63, 3.8) is 0 Å². The molecule has 2 aliphatic rings. The van der Waals surface area contributed by atoms with E-state index in [0.29, 0.717) is 35.6 Å². The zero-order valence-electron chi connectivity index (χ0n) is 32.1. The minimum Gasteiger partial charge on any atom is -0.479 e. The van der Waals surface area contributed by atoms with Gasteiger partial charge >= 0.3 is 11.9 Å². The van der Waals surface area contributed by atoms with Gasteiger partial charge in [-0.15, -0.1) is 0 Å². The first kappa shape index (κ1) is 39.4. The van der Waals surface area contributed by atoms with Crippen molar-refractivity contribution >= 4 is 35.4 Å². The van der Waals surface area contributed by atoms with E-state index in [1.165, 1.54) is 0 Å². The molecule has 3 N–H and O–H groups in total. The molecule has 2 heterocycles. The highest BCUT2D eigenvalue weighted by Crippen LogP contribution is 2.33. The molecule has 0 fully saturated rings. The fourth-order valence-electron chi connectivity index (χ4n) is 6.85. The van der Waals surface area contributed by atoms with Crippen LogP contribution in [0.2, 0.25) is 0 Å². The van der Waals surface area contributed by atoms with Crippen LogP contribution in [0.5, 0.6) is 0 Å². The summed E-state index contributed by atoms with van der Waals surface area (Å²) in [6.45, 7) is 10.1. The van der Waals surface area contributed by atoms with E-state index in [0.717, 1.165) is 22.3 Å². The molecule has 6 rings (SSSR count). The molecule has 0 spiro atoms. The largest absolute Gasteiger partial charge is 0.479 e. The van der Waals surface area contributed by atoms with Crippen LogP contribution in [0.15, 0.2) is 85.2 Å². The summed E-state index contributed by atoms with van der Waals surface area (Å²) in [6, 6.07) is 22.6. The molecule has 0 bridgehead atoms. The molecule has 0 radical (unpaired) electrons. The maximum Gasteiger partial charge on any atom is 0.332 e. The number of rotatable bonds is 11. The van der Waals surface area contributed by atoms with E-state index in [1.807, 2.05) is 100 Å². The van der Waals surface area contributed by atoms with Gasteiger partial charge in [0.25, 0.3) is 11.8 Å². The summed E-state index contributed by atoms with van der Waals surface area (Å²) in [6.07, 6.45) is 4.69. The zero-order chi connectivity index (χ0) is 39.2. The Morgan fingerprint density at radius 2 is 1.04 bits per heavy atom. The van der Waals surface area contributed by atoms with Crippen molar-refractivity contribution in [1.29, 1.82) is 0 Å². The molecule has 0 saturated heterocycles. The molecule has 54 heavy (non-hydrogen) atoms. The average molecular weight is 735 g/mol. The Morgan fingerprint density at radius 3 is 1.39 bits per heavy atom. The zero-order valence-corrected chi connectivity index (χ0v) is 32.1. The summed E-state index contributed by atoms with van der Waals surface area (Å²) >= 11 is 0. The highest BCUT2D eigenvalue weighted by Gasteiger charge is 2.47. The molecule has 0 saturated carbocycles. The quantitative estimate of drug-likeness (QED) is 0.179. The summed E-state index contributed by atoms with van der Waals surface area (Å²) in [7, 11) is 3.76. The van der Waals surface area contributed by atoms with Gasteiger partial charge in [0.1, 0.15) is 22.7 Å². The number of benzene rings is 2. The molecular formula is C42H50N6O6. The van der Waals surface area contributed by atoms with Crippen LogP contribution >= 0.6 is 0 Å². The van der Waals surface area contributed by atoms with Crippen LogP contribution in [-0.4, -0.2) is 82.7 Å². The van der Waals surface area contributed by atoms with Crippen molar-refractivity contribution in [3.8, 4) is 0 Å². The van der Waals surface area contributed by atoms with Crippen molar-refractivity contribution < 1.29 is 29.0 Å². The van der Waals surface area contributed by atoms with Crippen molar-refractivity contribution in [1.82, 2.24) is 20.6 Å². The van der Waals surface area contributed by atoms with Crippen LogP contribution in [0.25, 0.3) is 0 Å². The van der Waals surface area contributed by atoms with Gasteiger partial charge in [0.05, 0.1) is 17.7 Å². The van der Waals surface area contributed by atoms with Gasteiger partial charge in [0, 0.05) is 64.3 Å². The molecule has 2 amide bonds. The average Bonchev–Trinajstić information content (AvgIpc) is 3.74. The minimum absolute atomic E-state index is 0.153. The predicted octanol–water partition coefficient (Wildman–Crippen LogP) is 5.03. The monoisotopic (exact) mass is 734 g/mol. The first-order valence-corrected chi connectivity index (χ1v) is 18.3. The number of nitrogens with one attached hydrogen (secondary N) is 2. The maximum atomic E-state index is 13.2. The topological polar surface area (TPSA) is 154 Å². The van der Waals surface area contributed by atoms with E-state index >= 15 is 0 Å². The number of carboxylic acids is 1. The predicted molar refractivity (Wildman–Crippen MR) is 208 cm³/mol. The number of esters is 1. The standard InChI is InChI=1S/C22H27N3O3.C20H23N3O3/c1-5-28-21(27)22(13-16-9-6-7-10-17(16)14-22)24-20(26)18-11-8-12-23-19(18)25(4)15(2)3;1-13(2)23(3)17-16(9-6-10-21-17)18(24)22-20(19(25)26)11-14-7-4-5-8-15(14)12-20/h6-12,15H,5,13-14H2,1-4H3,(H,24,26);4-10,13H,11-12H2,1-3H3,(H,22,24)(H,25,26). The van der Waals surface area contributed by atoms with Crippen LogP contribution in [0.3, 0.4) is 0 Å². The molecule has 12 heteroatoms. The number of aliphatic carboxylic acids is 1. The molecule has 0 atom stereocenters. The van der Waals surface area contributed by atoms with Gasteiger partial charge in [-0.3, -0.25) is 9.59 Å². The Labute approximate surface area is 317 Å². The number of aromatic nitrogens is 2. The molecular weight excluding hydrogens is 684 g/mol. The second-order valence-electron chi connectivity index (χ2n) is 14.5. The van der Waals surface area contributed by atoms with Crippen molar-refractivity contribution in [2.75, 3.05) is 30.5 Å². The lowest BCUT2D eigenvalue weighted by Crippen LogP contribution is -2.56. The Bertz CT molecular complexity index is 1960. The lowest BCUT2D eigenvalue weighted by atomic mass is 9.95. The van der Waals surface area contributed by atoms with E-state index in [4.69, 9.17) is 4.74 Å². The van der Waals surface area contributed by atoms with Gasteiger partial charge in [-0.2, -0.15) is 0 Å². The lowest BCUT2D eigenvalue weighted by molar-refractivity contribution is -0.150. The number of amides is 2. The molecule has 12 nitrogen and oxygen atoms in total. The highest BCUT2D eigenvalue weighted by molar-refractivity contribution is 6.03. The van der Waals surface area contributed by atoms with Crippen LogP contribution in [0.1, 0.15) is 77.6 Å². The molecule has 2 aromatic carbocycles. The Hall–Kier alpha value is -5.78. The van der Waals surface area contributed by atoms with Gasteiger partial charge in [-0.25, -0.2) is 19.6 Å². The number of carboxylic acid groups (broad SMARTS) is 1. The second-order valence-corrected chi connectivity index (χ2v) is 14.5. The summed E-state index contributed by atoms with van der Waals surface area (Å²) in [4.78, 5) is 63.7. The number of fused-ring (bicyclic) bond motifs is 2. The van der Waals surface area contributed by atoms with Crippen LogP contribution < -0.4 is 20.4 Å². The number of nitrogens with zero attached hydrogens (tertiary/aromatic N) is 4. The summed E-state index contributed by atoms with van der Waals surface area (Å²) in [5.41, 5.74) is 2.42. The SMILES string of the molecule is CC(C)N(C)c1ncccc1C(=O)NC1(C(=O)O)Cc2ccccc2C1.CCOC(=O)C1(NC(=O)c2cccnc2N(C)C(C)C)Cc2ccccc2C1. The fraction of sp³-hybridized carbons (Fsp3) is 0.381. The van der Waals surface area contributed by atoms with E-state index in [2.05, 4.69) is 20.6 Å². The van der Waals surface area contributed by atoms with Gasteiger partial charge in [-0.05, 0) is 81.1 Å². The summed E-state index contributed by atoms with van der Waals surface area (Å²) in [5.74, 6) is -1.04. The number of hydrogen-bond donors (Lipinski definition) is 3. The van der Waals surface area contributed by atoms with Crippen molar-refractivity contribution in [2.24, 2.45) is 0 Å². The number of carbonyl (C=O) groups excluding carboxylic acids is 3. The lowest BCUT2D eigenvalue weighted by Gasteiger charge is -2.29. The third kappa shape index (κ3) is 8.22. The van der Waals surface area contributed by atoms with E-state index < -0.39 is 28.9 Å². The van der Waals surface area contributed by atoms with Crippen molar-refractivity contribution in [2.45, 2.75) is 83.5 Å². The normalized spacial score (nSPS) is 14.6. The second kappa shape index (κ2) is 16.5. The number of carbonyl (C=O) groups is 4. The van der Waals surface area contributed by atoms with Crippen LogP contribution in [0, 0.1) is 0 Å². The third-order valence-corrected chi connectivity index (χ3v) is 10.3. The van der Waals surface area contributed by atoms with Gasteiger partial charge < -0.3 is 30.3 Å². The minimum atomic E-state index is -1.33. The molecule has 0 unspecified atom stereocenters. The number of pyridine rings is 2.